The molecule has 0 aromatic carbocycles. The van der Waals surface area contributed by atoms with Gasteiger partial charge in [-0.2, -0.15) is 0 Å². The monoisotopic (exact) mass is 292 g/mol. The normalized spacial score (nSPS) is 45.9. The SMILES string of the molecule is CCC1(OC(=O)C2C3C(=O)OC4C3CC2[C@H]4C)CCCC1. The van der Waals surface area contributed by atoms with Gasteiger partial charge in [-0.3, -0.25) is 9.59 Å². The molecule has 0 spiro atoms. The maximum atomic E-state index is 12.8. The molecular weight excluding hydrogens is 268 g/mol. The van der Waals surface area contributed by atoms with Crippen molar-refractivity contribution >= 4 is 11.9 Å². The number of esters is 2. The first-order chi connectivity index (χ1) is 10.1. The van der Waals surface area contributed by atoms with Crippen molar-refractivity contribution in [3.05, 3.63) is 0 Å². The van der Waals surface area contributed by atoms with Gasteiger partial charge >= 0.3 is 11.9 Å². The van der Waals surface area contributed by atoms with E-state index >= 15 is 0 Å². The van der Waals surface area contributed by atoms with Gasteiger partial charge in [0, 0.05) is 5.92 Å². The van der Waals surface area contributed by atoms with Crippen LogP contribution in [0.25, 0.3) is 0 Å². The standard InChI is InChI=1S/C17H24O4/c1-3-17(6-4-5-7-17)21-16(19)12-10-8-11-13(12)15(18)20-14(11)9(10)2/h9-14H,3-8H2,1-2H3/t9-,10?,11?,12?,13?,14?/m1/s1. The molecule has 4 rings (SSSR count). The van der Waals surface area contributed by atoms with Gasteiger partial charge in [-0.1, -0.05) is 13.8 Å². The van der Waals surface area contributed by atoms with Crippen LogP contribution in [-0.2, 0) is 19.1 Å². The van der Waals surface area contributed by atoms with Gasteiger partial charge in [0.15, 0.2) is 0 Å². The van der Waals surface area contributed by atoms with Gasteiger partial charge in [-0.05, 0) is 50.4 Å². The second-order valence-electron chi connectivity index (χ2n) is 7.54. The summed E-state index contributed by atoms with van der Waals surface area (Å²) in [6, 6.07) is 0. The molecule has 4 heteroatoms. The number of hydrogen-bond donors (Lipinski definition) is 0. The third-order valence-corrected chi connectivity index (χ3v) is 6.74. The Morgan fingerprint density at radius 1 is 1.33 bits per heavy atom. The number of hydrogen-bond acceptors (Lipinski definition) is 4. The minimum absolute atomic E-state index is 0.0585. The van der Waals surface area contributed by atoms with Gasteiger partial charge in [0.05, 0.1) is 11.8 Å². The minimum Gasteiger partial charge on any atom is -0.462 e. The molecule has 21 heavy (non-hydrogen) atoms. The summed E-state index contributed by atoms with van der Waals surface area (Å²) in [5.74, 6) is 0.0855. The van der Waals surface area contributed by atoms with Gasteiger partial charge in [0.2, 0.25) is 0 Å². The molecule has 0 radical (unpaired) electrons. The molecule has 0 N–H and O–H groups in total. The molecular formula is C17H24O4. The highest BCUT2D eigenvalue weighted by Crippen LogP contribution is 2.60. The summed E-state index contributed by atoms with van der Waals surface area (Å²) < 4.78 is 11.5. The van der Waals surface area contributed by atoms with Crippen LogP contribution in [0.3, 0.4) is 0 Å². The van der Waals surface area contributed by atoms with Gasteiger partial charge < -0.3 is 9.47 Å². The zero-order valence-electron chi connectivity index (χ0n) is 12.8. The summed E-state index contributed by atoms with van der Waals surface area (Å²) >= 11 is 0. The molecule has 4 nitrogen and oxygen atoms in total. The molecule has 1 heterocycles. The summed E-state index contributed by atoms with van der Waals surface area (Å²) in [4.78, 5) is 24.9. The first kappa shape index (κ1) is 13.6. The van der Waals surface area contributed by atoms with E-state index in [0.717, 1.165) is 38.5 Å². The van der Waals surface area contributed by atoms with Crippen molar-refractivity contribution in [3.63, 3.8) is 0 Å². The van der Waals surface area contributed by atoms with Crippen LogP contribution in [0.2, 0.25) is 0 Å². The molecule has 1 aliphatic heterocycles. The van der Waals surface area contributed by atoms with Gasteiger partial charge in [0.1, 0.15) is 11.7 Å². The van der Waals surface area contributed by atoms with Gasteiger partial charge in [0.25, 0.3) is 0 Å². The van der Waals surface area contributed by atoms with Crippen molar-refractivity contribution in [1.82, 2.24) is 0 Å². The first-order valence-electron chi connectivity index (χ1n) is 8.50. The van der Waals surface area contributed by atoms with E-state index in [1.807, 2.05) is 0 Å². The van der Waals surface area contributed by atoms with E-state index in [9.17, 15) is 9.59 Å². The number of rotatable bonds is 3. The summed E-state index contributed by atoms with van der Waals surface area (Å²) in [5.41, 5.74) is -0.260. The number of carbonyl (C=O) groups is 2. The zero-order valence-corrected chi connectivity index (χ0v) is 12.8. The zero-order chi connectivity index (χ0) is 14.8. The Labute approximate surface area is 125 Å². The van der Waals surface area contributed by atoms with Crippen molar-refractivity contribution in [2.24, 2.45) is 29.6 Å². The Kier molecular flexibility index (Phi) is 2.89. The summed E-state index contributed by atoms with van der Waals surface area (Å²) in [5, 5.41) is 0. The van der Waals surface area contributed by atoms with Crippen LogP contribution in [0.4, 0.5) is 0 Å². The average Bonchev–Trinajstić information content (AvgIpc) is 3.17. The first-order valence-corrected chi connectivity index (χ1v) is 8.50. The Morgan fingerprint density at radius 3 is 2.71 bits per heavy atom. The van der Waals surface area contributed by atoms with Gasteiger partial charge in [-0.25, -0.2) is 0 Å². The molecule has 5 unspecified atom stereocenters. The molecule has 6 atom stereocenters. The van der Waals surface area contributed by atoms with Crippen molar-refractivity contribution in [2.75, 3.05) is 0 Å². The lowest BCUT2D eigenvalue weighted by atomic mass is 9.75. The third kappa shape index (κ3) is 1.74. The van der Waals surface area contributed by atoms with Crippen LogP contribution in [0.1, 0.15) is 52.4 Å². The summed E-state index contributed by atoms with van der Waals surface area (Å²) in [7, 11) is 0. The van der Waals surface area contributed by atoms with E-state index in [-0.39, 0.29) is 47.3 Å². The molecule has 4 fully saturated rings. The van der Waals surface area contributed by atoms with Crippen molar-refractivity contribution in [2.45, 2.75) is 64.1 Å². The molecule has 4 aliphatic rings. The van der Waals surface area contributed by atoms with E-state index in [4.69, 9.17) is 9.47 Å². The van der Waals surface area contributed by atoms with Gasteiger partial charge in [-0.15, -0.1) is 0 Å². The molecule has 0 aromatic rings. The molecule has 2 bridgehead atoms. The Hall–Kier alpha value is -1.06. The molecule has 0 amide bonds. The van der Waals surface area contributed by atoms with Crippen molar-refractivity contribution < 1.29 is 19.1 Å². The lowest BCUT2D eigenvalue weighted by Gasteiger charge is -2.33. The molecule has 116 valence electrons. The highest BCUT2D eigenvalue weighted by molar-refractivity contribution is 5.86. The molecule has 3 saturated carbocycles. The molecule has 0 aromatic heterocycles. The quantitative estimate of drug-likeness (QED) is 0.750. The maximum absolute atomic E-state index is 12.8. The summed E-state index contributed by atoms with van der Waals surface area (Å²) in [6.45, 7) is 4.22. The fraction of sp³-hybridized carbons (Fsp3) is 0.882. The van der Waals surface area contributed by atoms with E-state index < -0.39 is 0 Å². The molecule has 1 saturated heterocycles. The largest absolute Gasteiger partial charge is 0.462 e. The maximum Gasteiger partial charge on any atom is 0.310 e. The van der Waals surface area contributed by atoms with Crippen molar-refractivity contribution in [1.29, 1.82) is 0 Å². The lowest BCUT2D eigenvalue weighted by molar-refractivity contribution is -0.170. The number of fused-ring (bicyclic) bond motifs is 1. The molecule has 3 aliphatic carbocycles. The number of ether oxygens (including phenoxy) is 2. The van der Waals surface area contributed by atoms with Crippen molar-refractivity contribution in [3.8, 4) is 0 Å². The van der Waals surface area contributed by atoms with E-state index in [0.29, 0.717) is 5.92 Å². The van der Waals surface area contributed by atoms with Crippen LogP contribution in [-0.4, -0.2) is 23.6 Å². The second kappa shape index (κ2) is 4.47. The predicted molar refractivity (Wildman–Crippen MR) is 75.2 cm³/mol. The summed E-state index contributed by atoms with van der Waals surface area (Å²) in [6.07, 6.45) is 6.13. The fourth-order valence-electron chi connectivity index (χ4n) is 5.53. The van der Waals surface area contributed by atoms with Crippen LogP contribution >= 0.6 is 0 Å². The van der Waals surface area contributed by atoms with Crippen LogP contribution in [0, 0.1) is 29.6 Å². The topological polar surface area (TPSA) is 52.6 Å². The lowest BCUT2D eigenvalue weighted by Crippen LogP contribution is -2.41. The smallest absolute Gasteiger partial charge is 0.310 e. The van der Waals surface area contributed by atoms with Crippen LogP contribution < -0.4 is 0 Å². The second-order valence-corrected chi connectivity index (χ2v) is 7.54. The Bertz CT molecular complexity index is 479. The fourth-order valence-corrected chi connectivity index (χ4v) is 5.53. The average molecular weight is 292 g/mol. The van der Waals surface area contributed by atoms with E-state index in [1.54, 1.807) is 0 Å². The van der Waals surface area contributed by atoms with E-state index in [1.165, 1.54) is 0 Å². The third-order valence-electron chi connectivity index (χ3n) is 6.74. The van der Waals surface area contributed by atoms with E-state index in [2.05, 4.69) is 13.8 Å². The minimum atomic E-state index is -0.260. The Balaban J connectivity index is 1.56. The Morgan fingerprint density at radius 2 is 2.05 bits per heavy atom. The highest BCUT2D eigenvalue weighted by Gasteiger charge is 2.67. The highest BCUT2D eigenvalue weighted by atomic mass is 16.6. The van der Waals surface area contributed by atoms with Crippen LogP contribution in [0.5, 0.6) is 0 Å². The predicted octanol–water partition coefficient (Wildman–Crippen LogP) is 2.70. The number of carbonyl (C=O) groups excluding carboxylic acids is 2. The van der Waals surface area contributed by atoms with Crippen LogP contribution in [0.15, 0.2) is 0 Å².